The number of hydrogen-bond donors (Lipinski definition) is 2. The lowest BCUT2D eigenvalue weighted by atomic mass is 10.2. The third-order valence-corrected chi connectivity index (χ3v) is 5.12. The minimum atomic E-state index is -0.294. The molecular weight excluding hydrogens is 476 g/mol. The number of fused-ring (bicyclic) bond motifs is 6. The Morgan fingerprint density at radius 1 is 0.789 bits per heavy atom. The van der Waals surface area contributed by atoms with Crippen molar-refractivity contribution in [1.82, 2.24) is 14.9 Å². The number of anilines is 1. The zero-order valence-electron chi connectivity index (χ0n) is 23.3. The van der Waals surface area contributed by atoms with E-state index in [2.05, 4.69) is 26.3 Å². The molecule has 3 aromatic carbocycles. The van der Waals surface area contributed by atoms with E-state index in [1.54, 1.807) is 12.4 Å². The molecule has 0 atom stereocenters. The molecule has 1 aromatic heterocycles. The molecule has 7 nitrogen and oxygen atoms in total. The van der Waals surface area contributed by atoms with Crippen LogP contribution in [0.4, 0.5) is 10.5 Å². The Bertz CT molecular complexity index is 1250. The van der Waals surface area contributed by atoms with E-state index < -0.39 is 0 Å². The van der Waals surface area contributed by atoms with Crippen molar-refractivity contribution in [2.75, 3.05) is 11.9 Å². The molecule has 2 amide bonds. The van der Waals surface area contributed by atoms with Gasteiger partial charge < -0.3 is 24.7 Å². The van der Waals surface area contributed by atoms with E-state index in [9.17, 15) is 4.79 Å². The van der Waals surface area contributed by atoms with Crippen LogP contribution in [0.15, 0.2) is 85.3 Å². The Hall–Kier alpha value is -4.26. The molecule has 1 aliphatic rings. The molecule has 202 valence electrons. The SMILES string of the molecule is CC.CC.CC.O=C1NCCc2cncn2Cc2cccc(c2)Oc2cccc(c2)Oc2ccccc2N1. The van der Waals surface area contributed by atoms with Crippen molar-refractivity contribution >= 4 is 11.7 Å². The molecule has 2 N–H and O–H groups in total. The number of carbonyl (C=O) groups is 1. The molecule has 7 heteroatoms. The molecule has 0 fully saturated rings. The summed E-state index contributed by atoms with van der Waals surface area (Å²) in [7, 11) is 0. The van der Waals surface area contributed by atoms with Gasteiger partial charge in [0, 0.05) is 37.5 Å². The maximum Gasteiger partial charge on any atom is 0.319 e. The lowest BCUT2D eigenvalue weighted by Crippen LogP contribution is -2.30. The number of nitrogens with zero attached hydrogens (tertiary/aromatic N) is 2. The van der Waals surface area contributed by atoms with E-state index in [0.29, 0.717) is 42.4 Å². The highest BCUT2D eigenvalue weighted by Crippen LogP contribution is 2.32. The molecule has 5 rings (SSSR count). The first-order chi connectivity index (χ1) is 18.7. The minimum absolute atomic E-state index is 0.294. The molecule has 38 heavy (non-hydrogen) atoms. The number of carbonyl (C=O) groups excluding carboxylic acids is 1. The number of ether oxygens (including phenoxy) is 2. The van der Waals surface area contributed by atoms with E-state index in [1.807, 2.05) is 108 Å². The van der Waals surface area contributed by atoms with Crippen molar-refractivity contribution in [2.24, 2.45) is 0 Å². The summed E-state index contributed by atoms with van der Waals surface area (Å²) in [5.41, 5.74) is 2.71. The molecular formula is C31H40N4O3. The van der Waals surface area contributed by atoms with Gasteiger partial charge in [0.2, 0.25) is 0 Å². The van der Waals surface area contributed by atoms with Crippen LogP contribution < -0.4 is 20.1 Å². The second kappa shape index (κ2) is 16.5. The quantitative estimate of drug-likeness (QED) is 0.247. The summed E-state index contributed by atoms with van der Waals surface area (Å²) < 4.78 is 14.2. The van der Waals surface area contributed by atoms with Gasteiger partial charge in [-0.05, 0) is 42.0 Å². The highest BCUT2D eigenvalue weighted by Gasteiger charge is 2.11. The summed E-state index contributed by atoms with van der Waals surface area (Å²) >= 11 is 0. The summed E-state index contributed by atoms with van der Waals surface area (Å²) in [4.78, 5) is 16.7. The Morgan fingerprint density at radius 3 is 2.21 bits per heavy atom. The summed E-state index contributed by atoms with van der Waals surface area (Å²) in [5, 5.41) is 5.77. The largest absolute Gasteiger partial charge is 0.457 e. The summed E-state index contributed by atoms with van der Waals surface area (Å²) in [6.45, 7) is 13.1. The van der Waals surface area contributed by atoms with Gasteiger partial charge in [0.25, 0.3) is 0 Å². The Morgan fingerprint density at radius 2 is 1.45 bits per heavy atom. The van der Waals surface area contributed by atoms with Crippen molar-refractivity contribution in [3.63, 3.8) is 0 Å². The molecule has 1 aliphatic heterocycles. The van der Waals surface area contributed by atoms with Gasteiger partial charge in [-0.15, -0.1) is 0 Å². The van der Waals surface area contributed by atoms with Crippen LogP contribution in [0.3, 0.4) is 0 Å². The van der Waals surface area contributed by atoms with Crippen molar-refractivity contribution in [3.05, 3.63) is 96.6 Å². The highest BCUT2D eigenvalue weighted by molar-refractivity contribution is 5.90. The van der Waals surface area contributed by atoms with Crippen LogP contribution in [0.1, 0.15) is 52.8 Å². The second-order valence-corrected chi connectivity index (χ2v) is 7.47. The van der Waals surface area contributed by atoms with Crippen LogP contribution in [-0.4, -0.2) is 22.1 Å². The monoisotopic (exact) mass is 516 g/mol. The number of rotatable bonds is 0. The molecule has 0 saturated carbocycles. The summed E-state index contributed by atoms with van der Waals surface area (Å²) in [6.07, 6.45) is 4.29. The van der Waals surface area contributed by atoms with Crippen molar-refractivity contribution in [3.8, 4) is 23.0 Å². The maximum absolute atomic E-state index is 12.5. The first-order valence-corrected chi connectivity index (χ1v) is 13.4. The van der Waals surface area contributed by atoms with Gasteiger partial charge in [0.15, 0.2) is 5.75 Å². The van der Waals surface area contributed by atoms with Crippen LogP contribution in [0, 0.1) is 0 Å². The zero-order chi connectivity index (χ0) is 27.8. The maximum atomic E-state index is 12.5. The molecule has 0 saturated heterocycles. The van der Waals surface area contributed by atoms with E-state index in [-0.39, 0.29) is 6.03 Å². The predicted molar refractivity (Wildman–Crippen MR) is 156 cm³/mol. The van der Waals surface area contributed by atoms with Crippen molar-refractivity contribution < 1.29 is 14.3 Å². The lowest BCUT2D eigenvalue weighted by Gasteiger charge is -2.15. The van der Waals surface area contributed by atoms with E-state index in [0.717, 1.165) is 17.0 Å². The van der Waals surface area contributed by atoms with Crippen molar-refractivity contribution in [1.29, 1.82) is 0 Å². The van der Waals surface area contributed by atoms with Crippen LogP contribution in [0.2, 0.25) is 0 Å². The fourth-order valence-corrected chi connectivity index (χ4v) is 3.60. The molecule has 2 heterocycles. The van der Waals surface area contributed by atoms with Crippen LogP contribution in [0.5, 0.6) is 23.0 Å². The van der Waals surface area contributed by atoms with Gasteiger partial charge >= 0.3 is 6.03 Å². The number of hydrogen-bond acceptors (Lipinski definition) is 4. The zero-order valence-corrected chi connectivity index (χ0v) is 23.3. The third-order valence-electron chi connectivity index (χ3n) is 5.12. The molecule has 4 aromatic rings. The fraction of sp³-hybridized carbons (Fsp3) is 0.290. The van der Waals surface area contributed by atoms with Gasteiger partial charge in [-0.1, -0.05) is 71.9 Å². The first-order valence-electron chi connectivity index (χ1n) is 13.4. The Balaban J connectivity index is 0.000000791. The standard InChI is InChI=1S/C25H22N4O3.3C2H6/c30-25-27-12-11-19-15-26-17-29(19)16-18-5-3-6-20(13-18)31-21-7-4-8-22(14-21)32-24-10-2-1-9-23(24)28-25;3*1-2/h1-10,13-15,17H,11-12,16H2,(H2,27,28,30);3*1-2H3. The molecule has 0 spiro atoms. The second-order valence-electron chi connectivity index (χ2n) is 7.47. The lowest BCUT2D eigenvalue weighted by molar-refractivity contribution is 0.252. The van der Waals surface area contributed by atoms with Gasteiger partial charge in [0.05, 0.1) is 12.0 Å². The number of benzene rings is 3. The topological polar surface area (TPSA) is 77.4 Å². The molecule has 0 radical (unpaired) electrons. The van der Waals surface area contributed by atoms with E-state index in [1.165, 1.54) is 0 Å². The normalized spacial score (nSPS) is 12.0. The van der Waals surface area contributed by atoms with Crippen LogP contribution >= 0.6 is 0 Å². The van der Waals surface area contributed by atoms with Gasteiger partial charge in [-0.2, -0.15) is 0 Å². The summed E-state index contributed by atoms with van der Waals surface area (Å²) in [5.74, 6) is 2.56. The number of imidazole rings is 1. The predicted octanol–water partition coefficient (Wildman–Crippen LogP) is 8.27. The Labute approximate surface area is 226 Å². The number of aromatic nitrogens is 2. The first kappa shape index (κ1) is 30.0. The van der Waals surface area contributed by atoms with Gasteiger partial charge in [-0.25, -0.2) is 9.78 Å². The number of urea groups is 1. The number of amides is 2. The van der Waals surface area contributed by atoms with Crippen molar-refractivity contribution in [2.45, 2.75) is 54.5 Å². The molecule has 0 aliphatic carbocycles. The van der Waals surface area contributed by atoms with Crippen LogP contribution in [-0.2, 0) is 13.0 Å². The van der Waals surface area contributed by atoms with E-state index in [4.69, 9.17) is 9.47 Å². The minimum Gasteiger partial charge on any atom is -0.457 e. The van der Waals surface area contributed by atoms with Gasteiger partial charge in [0.1, 0.15) is 17.2 Å². The third kappa shape index (κ3) is 8.69. The average molecular weight is 517 g/mol. The average Bonchev–Trinajstić information content (AvgIpc) is 3.40. The number of nitrogens with one attached hydrogen (secondary N) is 2. The Kier molecular flexibility index (Phi) is 13.0. The number of para-hydroxylation sites is 2. The molecule has 4 bridgehead atoms. The fourth-order valence-electron chi connectivity index (χ4n) is 3.60. The van der Waals surface area contributed by atoms with Crippen LogP contribution in [0.25, 0.3) is 0 Å². The van der Waals surface area contributed by atoms with E-state index >= 15 is 0 Å². The highest BCUT2D eigenvalue weighted by atomic mass is 16.5. The smallest absolute Gasteiger partial charge is 0.319 e. The molecule has 0 unspecified atom stereocenters. The van der Waals surface area contributed by atoms with Gasteiger partial charge in [-0.3, -0.25) is 0 Å². The summed E-state index contributed by atoms with van der Waals surface area (Å²) in [6, 6.07) is 22.4.